The molecule has 5 rings (SSSR count). The van der Waals surface area contributed by atoms with Gasteiger partial charge in [0.1, 0.15) is 17.7 Å². The Morgan fingerprint density at radius 1 is 1.10 bits per heavy atom. The number of hydrogen-bond donors (Lipinski definition) is 4. The molecule has 3 aromatic heterocycles. The number of nitrogen functional groups attached to an aromatic ring is 1. The molecule has 0 aliphatic carbocycles. The van der Waals surface area contributed by atoms with Crippen LogP contribution < -0.4 is 16.4 Å². The smallest absolute Gasteiger partial charge is 0.255 e. The van der Waals surface area contributed by atoms with Crippen LogP contribution in [0.25, 0.3) is 22.4 Å². The second-order valence-electron chi connectivity index (χ2n) is 8.72. The molecule has 5 N–H and O–H groups in total. The third kappa shape index (κ3) is 5.33. The zero-order valence-corrected chi connectivity index (χ0v) is 20.5. The highest BCUT2D eigenvalue weighted by Gasteiger charge is 2.18. The fourth-order valence-electron chi connectivity index (χ4n) is 3.91. The number of nitriles is 1. The van der Waals surface area contributed by atoms with E-state index in [1.807, 2.05) is 30.3 Å². The number of aromatic amines is 1. The van der Waals surface area contributed by atoms with Crippen molar-refractivity contribution in [2.24, 2.45) is 0 Å². The number of nitrogens with two attached hydrogens (primary N) is 1. The number of nitrogens with one attached hydrogen (secondary N) is 3. The second-order valence-corrected chi connectivity index (χ2v) is 8.72. The van der Waals surface area contributed by atoms with Gasteiger partial charge >= 0.3 is 0 Å². The second kappa shape index (κ2) is 10.5. The van der Waals surface area contributed by atoms with Gasteiger partial charge in [0.15, 0.2) is 17.2 Å². The normalized spacial score (nSPS) is 11.6. The fourth-order valence-corrected chi connectivity index (χ4v) is 3.91. The first-order valence-electron chi connectivity index (χ1n) is 11.8. The molecular formula is C27H21F2N9O. The average molecular weight is 526 g/mol. The van der Waals surface area contributed by atoms with E-state index in [9.17, 15) is 18.8 Å². The third-order valence-electron chi connectivity index (χ3n) is 6.05. The number of hydrogen-bond acceptors (Lipinski definition) is 8. The van der Waals surface area contributed by atoms with Crippen LogP contribution in [0.3, 0.4) is 0 Å². The molecule has 1 atom stereocenters. The summed E-state index contributed by atoms with van der Waals surface area (Å²) < 4.78 is 26.9. The molecule has 0 unspecified atom stereocenters. The molecule has 5 aromatic rings. The number of fused-ring (bicyclic) bond motifs is 1. The van der Waals surface area contributed by atoms with Crippen molar-refractivity contribution in [2.45, 2.75) is 19.5 Å². The summed E-state index contributed by atoms with van der Waals surface area (Å²) in [6, 6.07) is 13.7. The van der Waals surface area contributed by atoms with Crippen molar-refractivity contribution >= 4 is 28.7 Å². The van der Waals surface area contributed by atoms with Crippen LogP contribution in [0, 0.1) is 23.0 Å². The number of H-pyrrole nitrogens is 1. The minimum absolute atomic E-state index is 0.140. The zero-order valence-electron chi connectivity index (χ0n) is 20.5. The monoisotopic (exact) mass is 525 g/mol. The summed E-state index contributed by atoms with van der Waals surface area (Å²) in [5, 5.41) is 21.8. The molecule has 10 nitrogen and oxygen atoms in total. The molecule has 0 bridgehead atoms. The Kier molecular flexibility index (Phi) is 6.79. The topological polar surface area (TPSA) is 158 Å². The molecule has 194 valence electrons. The summed E-state index contributed by atoms with van der Waals surface area (Å²) in [6.07, 6.45) is 2.97. The van der Waals surface area contributed by atoms with Crippen LogP contribution in [0.1, 0.15) is 40.0 Å². The molecule has 0 aliphatic heterocycles. The van der Waals surface area contributed by atoms with Gasteiger partial charge in [0.05, 0.1) is 29.1 Å². The number of amides is 1. The van der Waals surface area contributed by atoms with Crippen molar-refractivity contribution in [1.82, 2.24) is 30.5 Å². The molecule has 39 heavy (non-hydrogen) atoms. The van der Waals surface area contributed by atoms with E-state index in [2.05, 4.69) is 35.8 Å². The first kappa shape index (κ1) is 25.2. The van der Waals surface area contributed by atoms with Crippen molar-refractivity contribution in [2.75, 3.05) is 11.1 Å². The van der Waals surface area contributed by atoms with Crippen molar-refractivity contribution < 1.29 is 13.6 Å². The average Bonchev–Trinajstić information content (AvgIpc) is 3.33. The summed E-state index contributed by atoms with van der Waals surface area (Å²) in [4.78, 5) is 26.1. The number of pyridine rings is 1. The lowest BCUT2D eigenvalue weighted by atomic mass is 10.1. The van der Waals surface area contributed by atoms with Gasteiger partial charge in [-0.2, -0.15) is 10.4 Å². The van der Waals surface area contributed by atoms with Crippen LogP contribution in [-0.2, 0) is 6.54 Å². The maximum absolute atomic E-state index is 13.7. The van der Waals surface area contributed by atoms with Gasteiger partial charge in [0.2, 0.25) is 5.65 Å². The summed E-state index contributed by atoms with van der Waals surface area (Å²) in [5.74, 6) is -1.90. The van der Waals surface area contributed by atoms with Crippen molar-refractivity contribution in [1.29, 1.82) is 5.26 Å². The van der Waals surface area contributed by atoms with Crippen LogP contribution in [-0.4, -0.2) is 31.1 Å². The Hall–Kier alpha value is -5.44. The van der Waals surface area contributed by atoms with Crippen molar-refractivity contribution in [3.05, 3.63) is 94.8 Å². The van der Waals surface area contributed by atoms with Crippen LogP contribution in [0.2, 0.25) is 0 Å². The summed E-state index contributed by atoms with van der Waals surface area (Å²) in [5.41, 5.74) is 9.87. The van der Waals surface area contributed by atoms with Gasteiger partial charge in [0, 0.05) is 18.3 Å². The Labute approximate surface area is 220 Å². The molecule has 0 saturated carbocycles. The predicted octanol–water partition coefficient (Wildman–Crippen LogP) is 4.25. The standard InChI is InChI=1S/C27H21F2N9O/c1-14(18-6-7-20(28)21(29)9-18)35-27(39)19-8-16(10-30)12-33-25(19)32-11-15-2-4-17(5-3-15)22-13-34-26-23(36-22)24(31)37-38-26/h2-9,12-14H,11H2,1H3,(H,32,33)(H,35,39)(H3,31,34,37,38)/t14-/m0/s1. The maximum atomic E-state index is 13.7. The number of carbonyl (C=O) groups excluding carboxylic acids is 1. The molecule has 1 amide bonds. The van der Waals surface area contributed by atoms with Crippen molar-refractivity contribution in [3.63, 3.8) is 0 Å². The van der Waals surface area contributed by atoms with Gasteiger partial charge in [-0.05, 0) is 36.2 Å². The molecule has 0 aliphatic rings. The van der Waals surface area contributed by atoms with Gasteiger partial charge in [-0.15, -0.1) is 0 Å². The highest BCUT2D eigenvalue weighted by Crippen LogP contribution is 2.23. The SMILES string of the molecule is C[C@H](NC(=O)c1cc(C#N)cnc1NCc1ccc(-c2cnc3n[nH]c(N)c3n2)cc1)c1ccc(F)c(F)c1. The van der Waals surface area contributed by atoms with Crippen LogP contribution in [0.15, 0.2) is 60.9 Å². The molecule has 2 aromatic carbocycles. The number of aromatic nitrogens is 5. The minimum atomic E-state index is -1.01. The molecule has 3 heterocycles. The van der Waals surface area contributed by atoms with Gasteiger partial charge in [-0.3, -0.25) is 9.89 Å². The summed E-state index contributed by atoms with van der Waals surface area (Å²) >= 11 is 0. The maximum Gasteiger partial charge on any atom is 0.255 e. The Balaban J connectivity index is 1.31. The largest absolute Gasteiger partial charge is 0.382 e. The number of halogens is 2. The number of benzene rings is 2. The molecule has 0 saturated heterocycles. The van der Waals surface area contributed by atoms with E-state index in [0.29, 0.717) is 34.8 Å². The minimum Gasteiger partial charge on any atom is -0.382 e. The molecule has 12 heteroatoms. The fraction of sp³-hybridized carbons (Fsp3) is 0.111. The van der Waals surface area contributed by atoms with Gasteiger partial charge in [0.25, 0.3) is 5.91 Å². The first-order valence-corrected chi connectivity index (χ1v) is 11.8. The molecular weight excluding hydrogens is 504 g/mol. The lowest BCUT2D eigenvalue weighted by molar-refractivity contribution is 0.0940. The van der Waals surface area contributed by atoms with E-state index in [1.54, 1.807) is 13.1 Å². The van der Waals surface area contributed by atoms with E-state index in [0.717, 1.165) is 23.3 Å². The predicted molar refractivity (Wildman–Crippen MR) is 140 cm³/mol. The van der Waals surface area contributed by atoms with E-state index in [4.69, 9.17) is 5.73 Å². The van der Waals surface area contributed by atoms with Crippen LogP contribution in [0.4, 0.5) is 20.4 Å². The number of anilines is 2. The lowest BCUT2D eigenvalue weighted by Gasteiger charge is -2.17. The van der Waals surface area contributed by atoms with Gasteiger partial charge < -0.3 is 16.4 Å². The zero-order chi connectivity index (χ0) is 27.5. The highest BCUT2D eigenvalue weighted by molar-refractivity contribution is 5.99. The molecule has 0 fully saturated rings. The number of rotatable bonds is 7. The summed E-state index contributed by atoms with van der Waals surface area (Å²) in [7, 11) is 0. The molecule has 0 spiro atoms. The first-order chi connectivity index (χ1) is 18.8. The Morgan fingerprint density at radius 2 is 1.90 bits per heavy atom. The quantitative estimate of drug-likeness (QED) is 0.245. The van der Waals surface area contributed by atoms with E-state index in [1.165, 1.54) is 18.3 Å². The number of nitrogens with zero attached hydrogens (tertiary/aromatic N) is 5. The number of carbonyl (C=O) groups is 1. The van der Waals surface area contributed by atoms with Crippen LogP contribution in [0.5, 0.6) is 0 Å². The molecule has 0 radical (unpaired) electrons. The highest BCUT2D eigenvalue weighted by atomic mass is 19.2. The van der Waals surface area contributed by atoms with E-state index < -0.39 is 23.6 Å². The lowest BCUT2D eigenvalue weighted by Crippen LogP contribution is -2.28. The third-order valence-corrected chi connectivity index (χ3v) is 6.05. The van der Waals surface area contributed by atoms with E-state index >= 15 is 0 Å². The van der Waals surface area contributed by atoms with Crippen LogP contribution >= 0.6 is 0 Å². The Bertz CT molecular complexity index is 1730. The van der Waals surface area contributed by atoms with Gasteiger partial charge in [-0.25, -0.2) is 23.7 Å². The van der Waals surface area contributed by atoms with E-state index in [-0.39, 0.29) is 16.9 Å². The Morgan fingerprint density at radius 3 is 2.64 bits per heavy atom. The van der Waals surface area contributed by atoms with Gasteiger partial charge in [-0.1, -0.05) is 30.3 Å². The summed E-state index contributed by atoms with van der Waals surface area (Å²) in [6.45, 7) is 1.97. The van der Waals surface area contributed by atoms with Crippen molar-refractivity contribution in [3.8, 4) is 17.3 Å².